The van der Waals surface area contributed by atoms with Gasteiger partial charge < -0.3 is 4.74 Å². The number of aromatic nitrogens is 1. The van der Waals surface area contributed by atoms with E-state index in [0.717, 1.165) is 5.56 Å². The van der Waals surface area contributed by atoms with Gasteiger partial charge >= 0.3 is 0 Å². The van der Waals surface area contributed by atoms with Crippen LogP contribution >= 0.6 is 15.9 Å². The Labute approximate surface area is 89.4 Å². The third kappa shape index (κ3) is 2.20. The lowest BCUT2D eigenvalue weighted by molar-refractivity contribution is 0.141. The standard InChI is InChI=1S/C9H10BrF2NO/c1-5-3-7(14-2)8(9(11)12)13-6(5)4-10/h3,9H,4H2,1-2H3. The van der Waals surface area contributed by atoms with Gasteiger partial charge in [-0.3, -0.25) is 0 Å². The first-order valence-electron chi connectivity index (χ1n) is 3.98. The normalized spacial score (nSPS) is 10.7. The first-order valence-corrected chi connectivity index (χ1v) is 5.10. The van der Waals surface area contributed by atoms with E-state index < -0.39 is 6.43 Å². The molecule has 2 nitrogen and oxygen atoms in total. The Bertz CT molecular complexity index is 331. The highest BCUT2D eigenvalue weighted by atomic mass is 79.9. The first-order chi connectivity index (χ1) is 6.60. The number of nitrogens with zero attached hydrogens (tertiary/aromatic N) is 1. The van der Waals surface area contributed by atoms with E-state index in [1.165, 1.54) is 7.11 Å². The van der Waals surface area contributed by atoms with Crippen molar-refractivity contribution in [2.45, 2.75) is 18.7 Å². The molecule has 0 aliphatic carbocycles. The average molecular weight is 266 g/mol. The predicted octanol–water partition coefficient (Wildman–Crippen LogP) is 3.23. The Balaban J connectivity index is 3.25. The van der Waals surface area contributed by atoms with E-state index in [2.05, 4.69) is 20.9 Å². The number of alkyl halides is 3. The van der Waals surface area contributed by atoms with Crippen molar-refractivity contribution in [3.8, 4) is 5.75 Å². The maximum atomic E-state index is 12.5. The zero-order chi connectivity index (χ0) is 10.7. The lowest BCUT2D eigenvalue weighted by Gasteiger charge is -2.10. The second kappa shape index (κ2) is 4.68. The molecule has 0 bridgehead atoms. The van der Waals surface area contributed by atoms with Crippen molar-refractivity contribution in [1.82, 2.24) is 4.98 Å². The van der Waals surface area contributed by atoms with Crippen LogP contribution < -0.4 is 4.74 Å². The molecule has 78 valence electrons. The summed E-state index contributed by atoms with van der Waals surface area (Å²) in [5.41, 5.74) is 1.15. The molecule has 1 aromatic rings. The lowest BCUT2D eigenvalue weighted by Crippen LogP contribution is -2.01. The predicted molar refractivity (Wildman–Crippen MR) is 53.1 cm³/mol. The van der Waals surface area contributed by atoms with E-state index in [1.807, 2.05) is 0 Å². The minimum absolute atomic E-state index is 0.141. The second-order valence-electron chi connectivity index (χ2n) is 2.77. The molecule has 0 aromatic carbocycles. The Morgan fingerprint density at radius 1 is 1.57 bits per heavy atom. The molecule has 0 N–H and O–H groups in total. The van der Waals surface area contributed by atoms with Gasteiger partial charge in [0.15, 0.2) is 0 Å². The molecule has 0 atom stereocenters. The third-order valence-electron chi connectivity index (χ3n) is 1.86. The second-order valence-corrected chi connectivity index (χ2v) is 3.33. The van der Waals surface area contributed by atoms with E-state index in [-0.39, 0.29) is 11.4 Å². The Hall–Kier alpha value is -0.710. The van der Waals surface area contributed by atoms with Crippen LogP contribution in [0, 0.1) is 6.92 Å². The third-order valence-corrected chi connectivity index (χ3v) is 2.39. The van der Waals surface area contributed by atoms with Crippen LogP contribution in [0.3, 0.4) is 0 Å². The van der Waals surface area contributed by atoms with Gasteiger partial charge in [-0.1, -0.05) is 15.9 Å². The van der Waals surface area contributed by atoms with Gasteiger partial charge in [-0.2, -0.15) is 0 Å². The molecular weight excluding hydrogens is 256 g/mol. The molecule has 0 amide bonds. The molecule has 0 aliphatic rings. The molecule has 0 saturated heterocycles. The fourth-order valence-electron chi connectivity index (χ4n) is 1.10. The monoisotopic (exact) mass is 265 g/mol. The minimum atomic E-state index is -2.61. The van der Waals surface area contributed by atoms with Crippen LogP contribution in [-0.4, -0.2) is 12.1 Å². The summed E-state index contributed by atoms with van der Waals surface area (Å²) in [6.07, 6.45) is -2.61. The van der Waals surface area contributed by atoms with Gasteiger partial charge in [0.25, 0.3) is 6.43 Å². The molecule has 0 fully saturated rings. The fourth-order valence-corrected chi connectivity index (χ4v) is 1.67. The average Bonchev–Trinajstić information content (AvgIpc) is 2.16. The highest BCUT2D eigenvalue weighted by molar-refractivity contribution is 9.08. The molecular formula is C9H10BrF2NO. The van der Waals surface area contributed by atoms with Crippen LogP contribution in [0.1, 0.15) is 23.4 Å². The summed E-state index contributed by atoms with van der Waals surface area (Å²) in [4.78, 5) is 3.84. The van der Waals surface area contributed by atoms with Crippen molar-refractivity contribution in [1.29, 1.82) is 0 Å². The van der Waals surface area contributed by atoms with Crippen LogP contribution in [0.25, 0.3) is 0 Å². The van der Waals surface area contributed by atoms with E-state index >= 15 is 0 Å². The molecule has 0 saturated carbocycles. The first kappa shape index (κ1) is 11.4. The summed E-state index contributed by atoms with van der Waals surface area (Å²) in [5, 5.41) is 0.461. The van der Waals surface area contributed by atoms with Gasteiger partial charge in [0, 0.05) is 5.33 Å². The molecule has 0 unspecified atom stereocenters. The number of methoxy groups -OCH3 is 1. The smallest absolute Gasteiger partial charge is 0.284 e. The highest BCUT2D eigenvalue weighted by Crippen LogP contribution is 2.29. The maximum absolute atomic E-state index is 12.5. The minimum Gasteiger partial charge on any atom is -0.495 e. The molecule has 1 rings (SSSR count). The molecule has 0 radical (unpaired) electrons. The van der Waals surface area contributed by atoms with Crippen molar-refractivity contribution in [2.24, 2.45) is 0 Å². The van der Waals surface area contributed by atoms with Gasteiger partial charge in [0.1, 0.15) is 11.4 Å². The van der Waals surface area contributed by atoms with Gasteiger partial charge in [0.05, 0.1) is 12.8 Å². The van der Waals surface area contributed by atoms with Crippen LogP contribution in [0.2, 0.25) is 0 Å². The lowest BCUT2D eigenvalue weighted by atomic mass is 10.2. The van der Waals surface area contributed by atoms with Crippen LogP contribution in [0.15, 0.2) is 6.07 Å². The molecule has 14 heavy (non-hydrogen) atoms. The molecule has 1 heterocycles. The van der Waals surface area contributed by atoms with Crippen molar-refractivity contribution in [3.63, 3.8) is 0 Å². The van der Waals surface area contributed by atoms with Gasteiger partial charge in [-0.15, -0.1) is 0 Å². The van der Waals surface area contributed by atoms with Gasteiger partial charge in [0.2, 0.25) is 0 Å². The SMILES string of the molecule is COc1cc(C)c(CBr)nc1C(F)F. The molecule has 5 heteroatoms. The van der Waals surface area contributed by atoms with Gasteiger partial charge in [-0.25, -0.2) is 13.8 Å². The van der Waals surface area contributed by atoms with E-state index in [9.17, 15) is 8.78 Å². The van der Waals surface area contributed by atoms with E-state index in [0.29, 0.717) is 11.0 Å². The topological polar surface area (TPSA) is 22.1 Å². The Kier molecular flexibility index (Phi) is 3.80. The summed E-state index contributed by atoms with van der Waals surface area (Å²) in [5.74, 6) is 0.141. The van der Waals surface area contributed by atoms with Gasteiger partial charge in [-0.05, 0) is 18.6 Å². The zero-order valence-electron chi connectivity index (χ0n) is 7.85. The van der Waals surface area contributed by atoms with Crippen molar-refractivity contribution >= 4 is 15.9 Å². The molecule has 0 spiro atoms. The highest BCUT2D eigenvalue weighted by Gasteiger charge is 2.17. The van der Waals surface area contributed by atoms with Crippen LogP contribution in [-0.2, 0) is 5.33 Å². The van der Waals surface area contributed by atoms with Crippen LogP contribution in [0.5, 0.6) is 5.75 Å². The van der Waals surface area contributed by atoms with Crippen LogP contribution in [0.4, 0.5) is 8.78 Å². The Morgan fingerprint density at radius 2 is 2.21 bits per heavy atom. The number of hydrogen-bond acceptors (Lipinski definition) is 2. The number of aryl methyl sites for hydroxylation is 1. The van der Waals surface area contributed by atoms with E-state index in [4.69, 9.17) is 4.74 Å². The summed E-state index contributed by atoms with van der Waals surface area (Å²) in [6, 6.07) is 1.57. The number of rotatable bonds is 3. The number of pyridine rings is 1. The maximum Gasteiger partial charge on any atom is 0.284 e. The van der Waals surface area contributed by atoms with Crippen molar-refractivity contribution in [3.05, 3.63) is 23.0 Å². The fraction of sp³-hybridized carbons (Fsp3) is 0.444. The quantitative estimate of drug-likeness (QED) is 0.783. The number of ether oxygens (including phenoxy) is 1. The van der Waals surface area contributed by atoms with Crippen molar-refractivity contribution in [2.75, 3.05) is 7.11 Å². The molecule has 0 aliphatic heterocycles. The zero-order valence-corrected chi connectivity index (χ0v) is 9.44. The summed E-state index contributed by atoms with van der Waals surface area (Å²) in [7, 11) is 1.36. The number of halogens is 3. The number of hydrogen-bond donors (Lipinski definition) is 0. The van der Waals surface area contributed by atoms with Crippen molar-refractivity contribution < 1.29 is 13.5 Å². The summed E-state index contributed by atoms with van der Waals surface area (Å²) in [6.45, 7) is 1.81. The van der Waals surface area contributed by atoms with E-state index in [1.54, 1.807) is 13.0 Å². The summed E-state index contributed by atoms with van der Waals surface area (Å²) >= 11 is 3.19. The largest absolute Gasteiger partial charge is 0.495 e. The summed E-state index contributed by atoms with van der Waals surface area (Å²) < 4.78 is 29.8. The molecule has 1 aromatic heterocycles. The Morgan fingerprint density at radius 3 is 2.64 bits per heavy atom.